The van der Waals surface area contributed by atoms with Gasteiger partial charge in [-0.05, 0) is 12.3 Å². The quantitative estimate of drug-likeness (QED) is 0.606. The summed E-state index contributed by atoms with van der Waals surface area (Å²) in [4.78, 5) is 0. The Bertz CT molecular complexity index is 44.2. The molecule has 9 heavy (non-hydrogen) atoms. The molecule has 0 aromatic heterocycles. The molecular formula is C7H17KO. The summed E-state index contributed by atoms with van der Waals surface area (Å²) < 4.78 is 0. The molecule has 1 nitrogen and oxygen atoms in total. The van der Waals surface area contributed by atoms with Gasteiger partial charge in [0.05, 0.1) is 0 Å². The Kier molecular flexibility index (Phi) is 14.1. The summed E-state index contributed by atoms with van der Waals surface area (Å²) in [5, 5.41) is 8.66. The van der Waals surface area contributed by atoms with Crippen LogP contribution in [-0.4, -0.2) is 63.1 Å². The van der Waals surface area contributed by atoms with Crippen LogP contribution in [-0.2, 0) is 0 Å². The number of aliphatic hydroxyl groups excluding tert-OH is 1. The maximum atomic E-state index is 8.66. The molecule has 0 aliphatic carbocycles. The van der Waals surface area contributed by atoms with Crippen molar-refractivity contribution in [2.24, 2.45) is 5.92 Å². The number of hydrogen-bond acceptors (Lipinski definition) is 1. The van der Waals surface area contributed by atoms with Gasteiger partial charge in [-0.2, -0.15) is 0 Å². The number of aliphatic hydroxyl groups is 1. The molecule has 0 aromatic carbocycles. The molecule has 0 fully saturated rings. The van der Waals surface area contributed by atoms with Gasteiger partial charge < -0.3 is 5.11 Å². The average Bonchev–Trinajstić information content (AvgIpc) is 1.83. The van der Waals surface area contributed by atoms with Gasteiger partial charge in [-0.3, -0.25) is 0 Å². The van der Waals surface area contributed by atoms with Crippen LogP contribution in [0.1, 0.15) is 33.1 Å². The van der Waals surface area contributed by atoms with Crippen molar-refractivity contribution in [1.29, 1.82) is 0 Å². The van der Waals surface area contributed by atoms with Gasteiger partial charge in [-0.25, -0.2) is 0 Å². The summed E-state index contributed by atoms with van der Waals surface area (Å²) in [6.07, 6.45) is 3.48. The molecule has 0 spiro atoms. The first-order valence-electron chi connectivity index (χ1n) is 3.46. The zero-order valence-electron chi connectivity index (χ0n) is 5.85. The molecule has 0 bridgehead atoms. The standard InChI is InChI=1S/C7H16O.K.H/c1-3-5-7(4-2)6-8;;/h7-8H,3-6H2,1-2H3;;. The van der Waals surface area contributed by atoms with Gasteiger partial charge in [0.1, 0.15) is 0 Å². The van der Waals surface area contributed by atoms with Crippen molar-refractivity contribution in [3.05, 3.63) is 0 Å². The van der Waals surface area contributed by atoms with E-state index in [9.17, 15) is 0 Å². The number of rotatable bonds is 4. The van der Waals surface area contributed by atoms with E-state index in [1.54, 1.807) is 0 Å². The van der Waals surface area contributed by atoms with E-state index in [0.717, 1.165) is 6.42 Å². The zero-order chi connectivity index (χ0) is 6.41. The fourth-order valence-electron chi connectivity index (χ4n) is 0.833. The predicted molar refractivity (Wildman–Crippen MR) is 42.9 cm³/mol. The summed E-state index contributed by atoms with van der Waals surface area (Å²) in [6.45, 7) is 4.64. The van der Waals surface area contributed by atoms with Crippen molar-refractivity contribution in [2.45, 2.75) is 33.1 Å². The molecule has 2 heteroatoms. The van der Waals surface area contributed by atoms with Crippen molar-refractivity contribution in [2.75, 3.05) is 6.61 Å². The normalized spacial score (nSPS) is 12.3. The van der Waals surface area contributed by atoms with E-state index >= 15 is 0 Å². The van der Waals surface area contributed by atoms with Gasteiger partial charge in [-0.1, -0.05) is 26.7 Å². The molecule has 52 valence electrons. The summed E-state index contributed by atoms with van der Waals surface area (Å²) in [7, 11) is 0. The third kappa shape index (κ3) is 7.49. The first kappa shape index (κ1) is 13.2. The van der Waals surface area contributed by atoms with Crippen LogP contribution in [0.2, 0.25) is 0 Å². The van der Waals surface area contributed by atoms with E-state index in [1.165, 1.54) is 12.8 Å². The second-order valence-electron chi connectivity index (χ2n) is 2.25. The van der Waals surface area contributed by atoms with E-state index in [-0.39, 0.29) is 51.4 Å². The SMILES string of the molecule is CCCC(CC)CO.[KH]. The molecule has 0 amide bonds. The van der Waals surface area contributed by atoms with Gasteiger partial charge in [-0.15, -0.1) is 0 Å². The Morgan fingerprint density at radius 1 is 1.33 bits per heavy atom. The van der Waals surface area contributed by atoms with Gasteiger partial charge in [0.15, 0.2) is 0 Å². The van der Waals surface area contributed by atoms with Crippen molar-refractivity contribution in [3.8, 4) is 0 Å². The third-order valence-electron chi connectivity index (χ3n) is 1.53. The molecule has 0 saturated heterocycles. The Balaban J connectivity index is 0. The molecule has 0 aliphatic rings. The Morgan fingerprint density at radius 3 is 2.00 bits per heavy atom. The molecule has 0 aliphatic heterocycles. The van der Waals surface area contributed by atoms with Gasteiger partial charge in [0.2, 0.25) is 0 Å². The molecule has 0 radical (unpaired) electrons. The summed E-state index contributed by atoms with van der Waals surface area (Å²) >= 11 is 0. The predicted octanol–water partition coefficient (Wildman–Crippen LogP) is 1.16. The van der Waals surface area contributed by atoms with Crippen LogP contribution < -0.4 is 0 Å². The fourth-order valence-corrected chi connectivity index (χ4v) is 0.833. The monoisotopic (exact) mass is 156 g/mol. The summed E-state index contributed by atoms with van der Waals surface area (Å²) in [5.74, 6) is 0.556. The molecule has 0 aromatic rings. The topological polar surface area (TPSA) is 20.2 Å². The van der Waals surface area contributed by atoms with Crippen LogP contribution in [0.3, 0.4) is 0 Å². The zero-order valence-corrected chi connectivity index (χ0v) is 5.85. The molecule has 0 rings (SSSR count). The van der Waals surface area contributed by atoms with Crippen molar-refractivity contribution >= 4 is 51.4 Å². The van der Waals surface area contributed by atoms with Crippen molar-refractivity contribution in [1.82, 2.24) is 0 Å². The van der Waals surface area contributed by atoms with Crippen molar-refractivity contribution in [3.63, 3.8) is 0 Å². The van der Waals surface area contributed by atoms with Crippen LogP contribution >= 0.6 is 0 Å². The van der Waals surface area contributed by atoms with E-state index in [1.807, 2.05) is 0 Å². The summed E-state index contributed by atoms with van der Waals surface area (Å²) in [5.41, 5.74) is 0. The molecular weight excluding hydrogens is 139 g/mol. The maximum absolute atomic E-state index is 8.66. The molecule has 1 unspecified atom stereocenters. The van der Waals surface area contributed by atoms with Crippen LogP contribution in [0, 0.1) is 5.92 Å². The van der Waals surface area contributed by atoms with Gasteiger partial charge in [0, 0.05) is 6.61 Å². The minimum atomic E-state index is 0. The van der Waals surface area contributed by atoms with Crippen LogP contribution in [0.25, 0.3) is 0 Å². The van der Waals surface area contributed by atoms with E-state index in [4.69, 9.17) is 5.11 Å². The molecule has 1 atom stereocenters. The van der Waals surface area contributed by atoms with Gasteiger partial charge >= 0.3 is 51.4 Å². The van der Waals surface area contributed by atoms with E-state index < -0.39 is 0 Å². The van der Waals surface area contributed by atoms with E-state index in [2.05, 4.69) is 13.8 Å². The minimum absolute atomic E-state index is 0. The molecule has 1 N–H and O–H groups in total. The van der Waals surface area contributed by atoms with Crippen molar-refractivity contribution < 1.29 is 5.11 Å². The second-order valence-corrected chi connectivity index (χ2v) is 2.25. The second kappa shape index (κ2) is 9.60. The Labute approximate surface area is 101 Å². The molecule has 0 saturated carbocycles. The Morgan fingerprint density at radius 2 is 1.89 bits per heavy atom. The fraction of sp³-hybridized carbons (Fsp3) is 1.00. The van der Waals surface area contributed by atoms with E-state index in [0.29, 0.717) is 12.5 Å². The first-order chi connectivity index (χ1) is 3.85. The third-order valence-corrected chi connectivity index (χ3v) is 1.53. The van der Waals surface area contributed by atoms with Crippen LogP contribution in [0.15, 0.2) is 0 Å². The first-order valence-corrected chi connectivity index (χ1v) is 3.46. The molecule has 0 heterocycles. The van der Waals surface area contributed by atoms with Gasteiger partial charge in [0.25, 0.3) is 0 Å². The van der Waals surface area contributed by atoms with Crippen LogP contribution in [0.5, 0.6) is 0 Å². The average molecular weight is 156 g/mol. The Hall–Kier alpha value is 1.60. The number of hydrogen-bond donors (Lipinski definition) is 1. The van der Waals surface area contributed by atoms with Crippen LogP contribution in [0.4, 0.5) is 0 Å². The summed E-state index contributed by atoms with van der Waals surface area (Å²) in [6, 6.07) is 0.